The van der Waals surface area contributed by atoms with Crippen molar-refractivity contribution in [3.8, 4) is 0 Å². The quantitative estimate of drug-likeness (QED) is 0.694. The van der Waals surface area contributed by atoms with Crippen LogP contribution in [-0.4, -0.2) is 32.4 Å². The molecule has 0 saturated heterocycles. The smallest absolute Gasteiger partial charge is 0.369 e. The number of sulfonamides is 1. The van der Waals surface area contributed by atoms with E-state index in [-0.39, 0.29) is 23.4 Å². The Balaban J connectivity index is 2.11. The van der Waals surface area contributed by atoms with Gasteiger partial charge >= 0.3 is 12.4 Å². The second-order valence-electron chi connectivity index (χ2n) is 5.86. The molecule has 4 nitrogen and oxygen atoms in total. The third kappa shape index (κ3) is 4.47. The average Bonchev–Trinajstić information content (AvgIpc) is 2.60. The molecule has 0 saturated carbocycles. The molecule has 154 valence electrons. The molecule has 2 aromatic carbocycles. The summed E-state index contributed by atoms with van der Waals surface area (Å²) in [6.45, 7) is -0.126. The molecule has 0 atom stereocenters. The lowest BCUT2D eigenvalue weighted by Crippen LogP contribution is -2.53. The maximum Gasteiger partial charge on any atom is 0.430 e. The molecule has 0 aliphatic carbocycles. The SMILES string of the molecule is O=S(=O)(NCCc1ccc(C(O)(C(F)(F)F)C(F)(F)F)cc1)c1ccccc1. The van der Waals surface area contributed by atoms with Gasteiger partial charge in [-0.15, -0.1) is 0 Å². The van der Waals surface area contributed by atoms with Gasteiger partial charge in [0.25, 0.3) is 5.60 Å². The molecule has 0 aliphatic rings. The lowest BCUT2D eigenvalue weighted by Gasteiger charge is -2.32. The lowest BCUT2D eigenvalue weighted by molar-refractivity contribution is -0.376. The molecule has 0 amide bonds. The maximum atomic E-state index is 12.8. The number of halogens is 6. The highest BCUT2D eigenvalue weighted by molar-refractivity contribution is 7.89. The van der Waals surface area contributed by atoms with Gasteiger partial charge in [-0.25, -0.2) is 13.1 Å². The van der Waals surface area contributed by atoms with E-state index in [0.29, 0.717) is 12.1 Å². The third-order valence-corrected chi connectivity index (χ3v) is 5.43. The largest absolute Gasteiger partial charge is 0.430 e. The van der Waals surface area contributed by atoms with Crippen molar-refractivity contribution in [2.24, 2.45) is 0 Å². The van der Waals surface area contributed by atoms with E-state index in [1.54, 1.807) is 6.07 Å². The van der Waals surface area contributed by atoms with E-state index in [9.17, 15) is 39.9 Å². The van der Waals surface area contributed by atoms with E-state index in [0.717, 1.165) is 12.1 Å². The van der Waals surface area contributed by atoms with Crippen molar-refractivity contribution >= 4 is 10.0 Å². The zero-order valence-corrected chi connectivity index (χ0v) is 14.9. The third-order valence-electron chi connectivity index (χ3n) is 3.95. The van der Waals surface area contributed by atoms with Gasteiger partial charge in [-0.3, -0.25) is 0 Å². The highest BCUT2D eigenvalue weighted by Crippen LogP contribution is 2.49. The molecule has 28 heavy (non-hydrogen) atoms. The van der Waals surface area contributed by atoms with E-state index in [1.807, 2.05) is 0 Å². The Labute approximate surface area is 156 Å². The van der Waals surface area contributed by atoms with Gasteiger partial charge < -0.3 is 5.11 Å². The molecular weight excluding hydrogens is 412 g/mol. The Morgan fingerprint density at radius 3 is 1.79 bits per heavy atom. The van der Waals surface area contributed by atoms with Crippen LogP contribution in [-0.2, 0) is 22.0 Å². The van der Waals surface area contributed by atoms with Crippen LogP contribution in [0.2, 0.25) is 0 Å². The lowest BCUT2D eigenvalue weighted by atomic mass is 9.91. The van der Waals surface area contributed by atoms with Crippen LogP contribution < -0.4 is 4.72 Å². The summed E-state index contributed by atoms with van der Waals surface area (Å²) in [6.07, 6.45) is -11.9. The molecule has 2 N–H and O–H groups in total. The molecule has 0 radical (unpaired) electrons. The normalized spacial score (nSPS) is 13.5. The van der Waals surface area contributed by atoms with Crippen molar-refractivity contribution in [1.82, 2.24) is 4.72 Å². The van der Waals surface area contributed by atoms with Crippen molar-refractivity contribution in [2.45, 2.75) is 29.3 Å². The summed E-state index contributed by atoms with van der Waals surface area (Å²) in [5.74, 6) is 0. The summed E-state index contributed by atoms with van der Waals surface area (Å²) < 4.78 is 103. The van der Waals surface area contributed by atoms with Crippen LogP contribution in [0.3, 0.4) is 0 Å². The number of rotatable bonds is 6. The van der Waals surface area contributed by atoms with Gasteiger partial charge in [-0.2, -0.15) is 26.3 Å². The molecule has 11 heteroatoms. The summed E-state index contributed by atoms with van der Waals surface area (Å²) in [5.41, 5.74) is -6.08. The molecule has 0 bridgehead atoms. The van der Waals surface area contributed by atoms with Crippen LogP contribution in [0.15, 0.2) is 59.5 Å². The highest BCUT2D eigenvalue weighted by Gasteiger charge is 2.71. The molecule has 0 aliphatic heterocycles. The summed E-state index contributed by atoms with van der Waals surface area (Å²) in [4.78, 5) is 0.0192. The van der Waals surface area contributed by atoms with Crippen molar-refractivity contribution in [3.63, 3.8) is 0 Å². The Morgan fingerprint density at radius 2 is 1.32 bits per heavy atom. The van der Waals surface area contributed by atoms with Gasteiger partial charge in [0.15, 0.2) is 0 Å². The minimum absolute atomic E-state index is 0.0167. The summed E-state index contributed by atoms with van der Waals surface area (Å²) in [6, 6.07) is 10.4. The molecule has 0 fully saturated rings. The predicted molar refractivity (Wildman–Crippen MR) is 87.8 cm³/mol. The second-order valence-corrected chi connectivity index (χ2v) is 7.63. The van der Waals surface area contributed by atoms with Crippen LogP contribution >= 0.6 is 0 Å². The van der Waals surface area contributed by atoms with E-state index in [1.165, 1.54) is 24.3 Å². The summed E-state index contributed by atoms with van der Waals surface area (Å²) in [7, 11) is -3.79. The fourth-order valence-corrected chi connectivity index (χ4v) is 3.47. The Kier molecular flexibility index (Phi) is 6.12. The second kappa shape index (κ2) is 7.72. The van der Waals surface area contributed by atoms with Crippen molar-refractivity contribution < 1.29 is 39.9 Å². The first kappa shape index (κ1) is 22.2. The van der Waals surface area contributed by atoms with Crippen LogP contribution in [0.4, 0.5) is 26.3 Å². The predicted octanol–water partition coefficient (Wildman–Crippen LogP) is 3.52. The maximum absolute atomic E-state index is 12.8. The van der Waals surface area contributed by atoms with Gasteiger partial charge in [0, 0.05) is 12.1 Å². The van der Waals surface area contributed by atoms with Gasteiger partial charge in [0.05, 0.1) is 4.90 Å². The van der Waals surface area contributed by atoms with Crippen molar-refractivity contribution in [3.05, 3.63) is 65.7 Å². The van der Waals surface area contributed by atoms with Crippen LogP contribution in [0.5, 0.6) is 0 Å². The average molecular weight is 427 g/mol. The van der Waals surface area contributed by atoms with Gasteiger partial charge in [0.1, 0.15) is 0 Å². The summed E-state index contributed by atoms with van der Waals surface area (Å²) in [5, 5.41) is 9.31. The fourth-order valence-electron chi connectivity index (χ4n) is 2.41. The van der Waals surface area contributed by atoms with Crippen molar-refractivity contribution in [1.29, 1.82) is 0 Å². The molecule has 2 rings (SSSR count). The van der Waals surface area contributed by atoms with Crippen molar-refractivity contribution in [2.75, 3.05) is 6.54 Å². The first-order valence-electron chi connectivity index (χ1n) is 7.79. The molecular formula is C17H15F6NO3S. The molecule has 2 aromatic rings. The van der Waals surface area contributed by atoms with E-state index in [4.69, 9.17) is 0 Å². The van der Waals surface area contributed by atoms with Crippen LogP contribution in [0.25, 0.3) is 0 Å². The topological polar surface area (TPSA) is 66.4 Å². The first-order valence-corrected chi connectivity index (χ1v) is 9.27. The number of benzene rings is 2. The minimum atomic E-state index is -5.96. The molecule has 0 aromatic heterocycles. The molecule has 0 spiro atoms. The Bertz CT molecular complexity index is 879. The zero-order chi connectivity index (χ0) is 21.2. The monoisotopic (exact) mass is 427 g/mol. The number of alkyl halides is 6. The zero-order valence-electron chi connectivity index (χ0n) is 14.1. The van der Waals surface area contributed by atoms with E-state index in [2.05, 4.69) is 4.72 Å². The minimum Gasteiger partial charge on any atom is -0.369 e. The number of nitrogens with one attached hydrogen (secondary N) is 1. The van der Waals surface area contributed by atoms with Crippen LogP contribution in [0, 0.1) is 0 Å². The first-order chi connectivity index (χ1) is 12.8. The van der Waals surface area contributed by atoms with Gasteiger partial charge in [-0.05, 0) is 24.1 Å². The molecule has 0 unspecified atom stereocenters. The fraction of sp³-hybridized carbons (Fsp3) is 0.294. The number of hydrogen-bond acceptors (Lipinski definition) is 3. The Hall–Kier alpha value is -2.11. The standard InChI is InChI=1S/C17H15F6NO3S/c18-16(19,20)15(25,17(21,22)23)13-8-6-12(7-9-13)10-11-24-28(26,27)14-4-2-1-3-5-14/h1-9,24-25H,10-11H2. The Morgan fingerprint density at radius 1 is 0.821 bits per heavy atom. The molecule has 0 heterocycles. The number of aliphatic hydroxyl groups is 1. The van der Waals surface area contributed by atoms with E-state index >= 15 is 0 Å². The number of hydrogen-bond donors (Lipinski definition) is 2. The van der Waals surface area contributed by atoms with Gasteiger partial charge in [0.2, 0.25) is 10.0 Å². The highest BCUT2D eigenvalue weighted by atomic mass is 32.2. The van der Waals surface area contributed by atoms with E-state index < -0.39 is 33.5 Å². The van der Waals surface area contributed by atoms with Crippen LogP contribution in [0.1, 0.15) is 11.1 Å². The summed E-state index contributed by atoms with van der Waals surface area (Å²) >= 11 is 0. The van der Waals surface area contributed by atoms with Gasteiger partial charge in [-0.1, -0.05) is 42.5 Å².